The average molecular weight is 341 g/mol. The molecule has 1 aromatic heterocycles. The first-order chi connectivity index (χ1) is 6.68. The van der Waals surface area contributed by atoms with E-state index in [0.717, 1.165) is 3.01 Å². The molecule has 2 aromatic rings. The lowest BCUT2D eigenvalue weighted by Crippen LogP contribution is -1.84. The molecule has 2 nitrogen and oxygen atoms in total. The number of hydrogen-bond donors (Lipinski definition) is 0. The molecule has 0 aliphatic carbocycles. The Morgan fingerprint density at radius 3 is 2.79 bits per heavy atom. The minimum atomic E-state index is -0.443. The van der Waals surface area contributed by atoms with Crippen molar-refractivity contribution in [2.24, 2.45) is 0 Å². The molecule has 1 aromatic carbocycles. The van der Waals surface area contributed by atoms with E-state index < -0.39 is 5.82 Å². The van der Waals surface area contributed by atoms with Gasteiger partial charge in [0.2, 0.25) is 0 Å². The van der Waals surface area contributed by atoms with Gasteiger partial charge in [0, 0.05) is 5.56 Å². The smallest absolute Gasteiger partial charge is 0.178 e. The normalized spacial score (nSPS) is 10.5. The fraction of sp³-hybridized carbons (Fsp3) is 0. The zero-order chi connectivity index (χ0) is 10.1. The van der Waals surface area contributed by atoms with Crippen molar-refractivity contribution in [3.05, 3.63) is 32.1 Å². The third-order valence-electron chi connectivity index (χ3n) is 1.58. The van der Waals surface area contributed by atoms with Gasteiger partial charge in [0.25, 0.3) is 0 Å². The second-order valence-electron chi connectivity index (χ2n) is 2.46. The summed E-state index contributed by atoms with van der Waals surface area (Å²) in [5.74, 6) is -0.443. The van der Waals surface area contributed by atoms with Crippen LogP contribution in [0.5, 0.6) is 0 Å². The van der Waals surface area contributed by atoms with Gasteiger partial charge in [-0.3, -0.25) is 0 Å². The zero-order valence-electron chi connectivity index (χ0n) is 6.67. The Balaban J connectivity index is 2.57. The molecule has 1 heterocycles. The summed E-state index contributed by atoms with van der Waals surface area (Å²) in [5.41, 5.74) is 0.401. The molecule has 14 heavy (non-hydrogen) atoms. The summed E-state index contributed by atoms with van der Waals surface area (Å²) in [7, 11) is 0. The van der Waals surface area contributed by atoms with Gasteiger partial charge in [0.15, 0.2) is 13.8 Å². The van der Waals surface area contributed by atoms with E-state index in [9.17, 15) is 4.39 Å². The Morgan fingerprint density at radius 2 is 2.14 bits per heavy atom. The first-order valence-electron chi connectivity index (χ1n) is 3.62. The zero-order valence-corrected chi connectivity index (χ0v) is 10.4. The summed E-state index contributed by atoms with van der Waals surface area (Å²) in [4.78, 5) is 0. The predicted molar refractivity (Wildman–Crippen MR) is 63.0 cm³/mol. The maximum atomic E-state index is 13.5. The third kappa shape index (κ3) is 1.89. The van der Waals surface area contributed by atoms with Crippen molar-refractivity contribution in [2.75, 3.05) is 0 Å². The average Bonchev–Trinajstić information content (AvgIpc) is 2.57. The SMILES string of the molecule is Fc1c(Cl)cccc1-c1nnc(I)s1. The maximum absolute atomic E-state index is 13.5. The van der Waals surface area contributed by atoms with Crippen LogP contribution in [-0.4, -0.2) is 10.2 Å². The van der Waals surface area contributed by atoms with Crippen LogP contribution in [0.4, 0.5) is 4.39 Å². The molecule has 0 N–H and O–H groups in total. The lowest BCUT2D eigenvalue weighted by atomic mass is 10.2. The van der Waals surface area contributed by atoms with Crippen molar-refractivity contribution in [1.82, 2.24) is 10.2 Å². The van der Waals surface area contributed by atoms with Crippen molar-refractivity contribution in [3.63, 3.8) is 0 Å². The molecule has 0 saturated carbocycles. The molecule has 0 amide bonds. The van der Waals surface area contributed by atoms with E-state index in [1.54, 1.807) is 12.1 Å². The van der Waals surface area contributed by atoms with Crippen molar-refractivity contribution in [2.45, 2.75) is 0 Å². The quantitative estimate of drug-likeness (QED) is 0.741. The van der Waals surface area contributed by atoms with Crippen molar-refractivity contribution in [1.29, 1.82) is 0 Å². The minimum Gasteiger partial charge on any atom is -0.205 e. The Labute approximate surface area is 102 Å². The van der Waals surface area contributed by atoms with Gasteiger partial charge >= 0.3 is 0 Å². The highest BCUT2D eigenvalue weighted by atomic mass is 127. The molecule has 0 bridgehead atoms. The first kappa shape index (κ1) is 10.3. The highest BCUT2D eigenvalue weighted by Crippen LogP contribution is 2.29. The predicted octanol–water partition coefficient (Wildman–Crippen LogP) is 3.60. The number of benzene rings is 1. The summed E-state index contributed by atoms with van der Waals surface area (Å²) in [5, 5.41) is 8.31. The van der Waals surface area contributed by atoms with Gasteiger partial charge in [-0.2, -0.15) is 0 Å². The number of nitrogens with zero attached hydrogens (tertiary/aromatic N) is 2. The van der Waals surface area contributed by atoms with Gasteiger partial charge in [0.1, 0.15) is 0 Å². The fourth-order valence-corrected chi connectivity index (χ4v) is 2.48. The summed E-state index contributed by atoms with van der Waals surface area (Å²) < 4.78 is 14.3. The molecule has 0 fully saturated rings. The second-order valence-corrected chi connectivity index (χ2v) is 5.60. The number of halogens is 3. The monoisotopic (exact) mass is 340 g/mol. The van der Waals surface area contributed by atoms with Gasteiger partial charge in [-0.05, 0) is 34.7 Å². The van der Waals surface area contributed by atoms with E-state index in [4.69, 9.17) is 11.6 Å². The standard InChI is InChI=1S/C8H3ClFIN2S/c9-5-3-1-2-4(6(5)10)7-12-13-8(11)14-7/h1-3H. The van der Waals surface area contributed by atoms with Gasteiger partial charge in [0.05, 0.1) is 5.02 Å². The largest absolute Gasteiger partial charge is 0.205 e. The first-order valence-corrected chi connectivity index (χ1v) is 5.89. The van der Waals surface area contributed by atoms with E-state index in [0.29, 0.717) is 10.6 Å². The molecule has 0 aliphatic rings. The van der Waals surface area contributed by atoms with Crippen LogP contribution in [0.2, 0.25) is 5.02 Å². The van der Waals surface area contributed by atoms with Crippen molar-refractivity contribution < 1.29 is 4.39 Å². The Kier molecular flexibility index (Phi) is 2.99. The highest BCUT2D eigenvalue weighted by molar-refractivity contribution is 14.1. The number of aromatic nitrogens is 2. The van der Waals surface area contributed by atoms with Crippen LogP contribution in [0.25, 0.3) is 10.6 Å². The summed E-state index contributed by atoms with van der Waals surface area (Å²) in [6.07, 6.45) is 0. The lowest BCUT2D eigenvalue weighted by Gasteiger charge is -1.98. The van der Waals surface area contributed by atoms with Gasteiger partial charge in [-0.15, -0.1) is 10.2 Å². The molecule has 0 spiro atoms. The van der Waals surface area contributed by atoms with E-state index in [1.807, 2.05) is 22.6 Å². The molecule has 0 saturated heterocycles. The molecule has 2 rings (SSSR count). The maximum Gasteiger partial charge on any atom is 0.178 e. The number of rotatable bonds is 1. The van der Waals surface area contributed by atoms with Crippen LogP contribution < -0.4 is 0 Å². The fourth-order valence-electron chi connectivity index (χ4n) is 0.983. The second kappa shape index (κ2) is 4.08. The van der Waals surface area contributed by atoms with Gasteiger partial charge in [-0.1, -0.05) is 29.0 Å². The highest BCUT2D eigenvalue weighted by Gasteiger charge is 2.12. The molecule has 0 aliphatic heterocycles. The molecule has 6 heteroatoms. The van der Waals surface area contributed by atoms with Gasteiger partial charge in [-0.25, -0.2) is 4.39 Å². The van der Waals surface area contributed by atoms with Crippen LogP contribution in [0.1, 0.15) is 0 Å². The summed E-state index contributed by atoms with van der Waals surface area (Å²) in [6.45, 7) is 0. The molecule has 0 atom stereocenters. The molecular weight excluding hydrogens is 338 g/mol. The Morgan fingerprint density at radius 1 is 1.36 bits per heavy atom. The van der Waals surface area contributed by atoms with Gasteiger partial charge < -0.3 is 0 Å². The van der Waals surface area contributed by atoms with E-state index in [-0.39, 0.29) is 5.02 Å². The Hall–Kier alpha value is -0.270. The van der Waals surface area contributed by atoms with Crippen LogP contribution in [0.15, 0.2) is 18.2 Å². The lowest BCUT2D eigenvalue weighted by molar-refractivity contribution is 0.631. The number of hydrogen-bond acceptors (Lipinski definition) is 3. The Bertz CT molecular complexity index is 474. The summed E-state index contributed by atoms with van der Waals surface area (Å²) >= 11 is 9.02. The third-order valence-corrected chi connectivity index (χ3v) is 3.50. The molecule has 72 valence electrons. The van der Waals surface area contributed by atoms with E-state index in [2.05, 4.69) is 10.2 Å². The molecule has 0 radical (unpaired) electrons. The van der Waals surface area contributed by atoms with E-state index >= 15 is 0 Å². The van der Waals surface area contributed by atoms with E-state index in [1.165, 1.54) is 17.4 Å². The van der Waals surface area contributed by atoms with Crippen LogP contribution in [0.3, 0.4) is 0 Å². The topological polar surface area (TPSA) is 25.8 Å². The van der Waals surface area contributed by atoms with Crippen molar-refractivity contribution in [3.8, 4) is 10.6 Å². The molecular formula is C8H3ClFIN2S. The van der Waals surface area contributed by atoms with Crippen LogP contribution in [-0.2, 0) is 0 Å². The van der Waals surface area contributed by atoms with Crippen molar-refractivity contribution >= 4 is 45.5 Å². The minimum absolute atomic E-state index is 0.104. The summed E-state index contributed by atoms with van der Waals surface area (Å²) in [6, 6.07) is 4.83. The van der Waals surface area contributed by atoms with Crippen LogP contribution >= 0.6 is 45.5 Å². The molecule has 0 unspecified atom stereocenters. The van der Waals surface area contributed by atoms with Crippen LogP contribution in [0, 0.1) is 8.83 Å².